The molecule has 0 bridgehead atoms. The average Bonchev–Trinajstić information content (AvgIpc) is 2.75. The SMILES string of the molecule is CNC1=C(OC)C=C(n2ccnc2)CC=C1. The van der Waals surface area contributed by atoms with Crippen molar-refractivity contribution in [2.75, 3.05) is 14.2 Å². The number of hydrogen-bond acceptors (Lipinski definition) is 3. The monoisotopic (exact) mass is 217 g/mol. The van der Waals surface area contributed by atoms with Gasteiger partial charge in [0.1, 0.15) is 5.76 Å². The molecule has 0 atom stereocenters. The molecule has 4 nitrogen and oxygen atoms in total. The molecule has 0 aliphatic heterocycles. The molecule has 0 saturated heterocycles. The summed E-state index contributed by atoms with van der Waals surface area (Å²) in [4.78, 5) is 4.04. The molecule has 16 heavy (non-hydrogen) atoms. The quantitative estimate of drug-likeness (QED) is 0.838. The summed E-state index contributed by atoms with van der Waals surface area (Å²) in [7, 11) is 3.56. The van der Waals surface area contributed by atoms with E-state index in [2.05, 4.69) is 16.4 Å². The minimum absolute atomic E-state index is 0.833. The van der Waals surface area contributed by atoms with Gasteiger partial charge in [0.25, 0.3) is 0 Å². The molecular formula is C12H15N3O. The number of likely N-dealkylation sites (N-methyl/N-ethyl adjacent to an activating group) is 1. The lowest BCUT2D eigenvalue weighted by molar-refractivity contribution is 0.301. The van der Waals surface area contributed by atoms with E-state index in [9.17, 15) is 0 Å². The lowest BCUT2D eigenvalue weighted by Crippen LogP contribution is -2.07. The van der Waals surface area contributed by atoms with Crippen molar-refractivity contribution in [3.8, 4) is 0 Å². The second-order valence-electron chi connectivity index (χ2n) is 3.44. The van der Waals surface area contributed by atoms with E-state index in [1.165, 1.54) is 0 Å². The Labute approximate surface area is 94.9 Å². The number of rotatable bonds is 3. The summed E-state index contributed by atoms with van der Waals surface area (Å²) in [6, 6.07) is 0. The van der Waals surface area contributed by atoms with Crippen LogP contribution >= 0.6 is 0 Å². The van der Waals surface area contributed by atoms with Crippen LogP contribution in [-0.2, 0) is 4.74 Å². The maximum atomic E-state index is 5.36. The van der Waals surface area contributed by atoms with E-state index in [1.807, 2.05) is 30.0 Å². The van der Waals surface area contributed by atoms with Gasteiger partial charge in [-0.25, -0.2) is 4.98 Å². The van der Waals surface area contributed by atoms with Crippen LogP contribution in [0.25, 0.3) is 5.70 Å². The fourth-order valence-corrected chi connectivity index (χ4v) is 1.65. The van der Waals surface area contributed by atoms with E-state index in [0.29, 0.717) is 0 Å². The first kappa shape index (κ1) is 10.5. The smallest absolute Gasteiger partial charge is 0.143 e. The summed E-state index contributed by atoms with van der Waals surface area (Å²) in [6.45, 7) is 0. The second kappa shape index (κ2) is 4.70. The minimum atomic E-state index is 0.833. The van der Waals surface area contributed by atoms with Gasteiger partial charge in [-0.2, -0.15) is 0 Å². The summed E-state index contributed by atoms with van der Waals surface area (Å²) >= 11 is 0. The minimum Gasteiger partial charge on any atom is -0.495 e. The molecule has 1 aliphatic rings. The number of methoxy groups -OCH3 is 1. The van der Waals surface area contributed by atoms with Crippen molar-refractivity contribution >= 4 is 5.70 Å². The van der Waals surface area contributed by atoms with Crippen molar-refractivity contribution in [2.45, 2.75) is 6.42 Å². The van der Waals surface area contributed by atoms with Gasteiger partial charge in [0, 0.05) is 37.6 Å². The van der Waals surface area contributed by atoms with E-state index in [1.54, 1.807) is 19.6 Å². The number of nitrogens with one attached hydrogen (secondary N) is 1. The van der Waals surface area contributed by atoms with Crippen molar-refractivity contribution in [1.82, 2.24) is 14.9 Å². The molecule has 1 N–H and O–H groups in total. The zero-order valence-corrected chi connectivity index (χ0v) is 9.47. The van der Waals surface area contributed by atoms with Gasteiger partial charge < -0.3 is 14.6 Å². The van der Waals surface area contributed by atoms with Crippen molar-refractivity contribution in [3.63, 3.8) is 0 Å². The fourth-order valence-electron chi connectivity index (χ4n) is 1.65. The molecule has 0 saturated carbocycles. The molecule has 4 heteroatoms. The van der Waals surface area contributed by atoms with Crippen LogP contribution in [0.4, 0.5) is 0 Å². The fraction of sp³-hybridized carbons (Fsp3) is 0.250. The van der Waals surface area contributed by atoms with Crippen LogP contribution in [0.1, 0.15) is 6.42 Å². The number of allylic oxidation sites excluding steroid dienone is 4. The van der Waals surface area contributed by atoms with Crippen LogP contribution in [0.2, 0.25) is 0 Å². The number of ether oxygens (including phenoxy) is 1. The third kappa shape index (κ3) is 2.00. The summed E-state index contributed by atoms with van der Waals surface area (Å²) in [5.74, 6) is 0.833. The van der Waals surface area contributed by atoms with Gasteiger partial charge in [-0.05, 0) is 6.08 Å². The van der Waals surface area contributed by atoms with Crippen LogP contribution in [0.5, 0.6) is 0 Å². The van der Waals surface area contributed by atoms with Crippen molar-refractivity contribution in [1.29, 1.82) is 0 Å². The summed E-state index contributed by atoms with van der Waals surface area (Å²) in [5.41, 5.74) is 2.12. The van der Waals surface area contributed by atoms with Crippen LogP contribution in [0.15, 0.2) is 48.4 Å². The number of aromatic nitrogens is 2. The van der Waals surface area contributed by atoms with Crippen molar-refractivity contribution < 1.29 is 4.74 Å². The van der Waals surface area contributed by atoms with Gasteiger partial charge in [0.05, 0.1) is 19.1 Å². The second-order valence-corrected chi connectivity index (χ2v) is 3.44. The first-order valence-electron chi connectivity index (χ1n) is 5.16. The van der Waals surface area contributed by atoms with Crippen LogP contribution < -0.4 is 5.32 Å². The largest absolute Gasteiger partial charge is 0.495 e. The Morgan fingerprint density at radius 1 is 1.50 bits per heavy atom. The molecule has 0 aromatic carbocycles. The molecule has 0 amide bonds. The molecule has 2 rings (SSSR count). The van der Waals surface area contributed by atoms with Gasteiger partial charge in [0.15, 0.2) is 0 Å². The molecule has 0 radical (unpaired) electrons. The Morgan fingerprint density at radius 3 is 3.00 bits per heavy atom. The molecule has 0 fully saturated rings. The van der Waals surface area contributed by atoms with Gasteiger partial charge in [0.2, 0.25) is 0 Å². The Morgan fingerprint density at radius 2 is 2.38 bits per heavy atom. The normalized spacial score (nSPS) is 15.8. The summed E-state index contributed by atoms with van der Waals surface area (Å²) in [5, 5.41) is 3.11. The summed E-state index contributed by atoms with van der Waals surface area (Å²) < 4.78 is 7.35. The molecule has 84 valence electrons. The lowest BCUT2D eigenvalue weighted by Gasteiger charge is -2.08. The molecule has 0 spiro atoms. The van der Waals surface area contributed by atoms with Crippen molar-refractivity contribution in [3.05, 3.63) is 48.4 Å². The third-order valence-electron chi connectivity index (χ3n) is 2.50. The van der Waals surface area contributed by atoms with Crippen molar-refractivity contribution in [2.24, 2.45) is 0 Å². The van der Waals surface area contributed by atoms with E-state index in [-0.39, 0.29) is 0 Å². The highest BCUT2D eigenvalue weighted by Gasteiger charge is 2.07. The first-order chi connectivity index (χ1) is 7.85. The van der Waals surface area contributed by atoms with Crippen LogP contribution in [0.3, 0.4) is 0 Å². The Bertz CT molecular complexity index is 441. The molecule has 1 aromatic rings. The van der Waals surface area contributed by atoms with Gasteiger partial charge in [-0.3, -0.25) is 0 Å². The lowest BCUT2D eigenvalue weighted by atomic mass is 10.3. The molecular weight excluding hydrogens is 202 g/mol. The predicted octanol–water partition coefficient (Wildman–Crippen LogP) is 1.76. The topological polar surface area (TPSA) is 39.1 Å². The average molecular weight is 217 g/mol. The predicted molar refractivity (Wildman–Crippen MR) is 63.4 cm³/mol. The number of hydrogen-bond donors (Lipinski definition) is 1. The molecule has 1 aliphatic carbocycles. The van der Waals surface area contributed by atoms with Gasteiger partial charge >= 0.3 is 0 Å². The van der Waals surface area contributed by atoms with E-state index in [0.717, 1.165) is 23.6 Å². The molecule has 1 heterocycles. The summed E-state index contributed by atoms with van der Waals surface area (Å²) in [6.07, 6.45) is 12.5. The maximum absolute atomic E-state index is 5.36. The zero-order chi connectivity index (χ0) is 11.4. The Balaban J connectivity index is 2.39. The first-order valence-corrected chi connectivity index (χ1v) is 5.16. The van der Waals surface area contributed by atoms with Gasteiger partial charge in [-0.15, -0.1) is 0 Å². The highest BCUT2D eigenvalue weighted by molar-refractivity contribution is 5.54. The third-order valence-corrected chi connectivity index (χ3v) is 2.50. The van der Waals surface area contributed by atoms with Crippen LogP contribution in [-0.4, -0.2) is 23.7 Å². The highest BCUT2D eigenvalue weighted by atomic mass is 16.5. The van der Waals surface area contributed by atoms with E-state index in [4.69, 9.17) is 4.74 Å². The molecule has 0 unspecified atom stereocenters. The Hall–Kier alpha value is -1.97. The standard InChI is InChI=1S/C12H15N3O/c1-13-11-5-3-4-10(8-12(11)16-2)15-7-6-14-9-15/h3,5-9,13H,4H2,1-2H3. The zero-order valence-electron chi connectivity index (χ0n) is 9.47. The van der Waals surface area contributed by atoms with Crippen LogP contribution in [0, 0.1) is 0 Å². The maximum Gasteiger partial charge on any atom is 0.143 e. The van der Waals surface area contributed by atoms with E-state index < -0.39 is 0 Å². The Kier molecular flexibility index (Phi) is 3.10. The van der Waals surface area contributed by atoms with Gasteiger partial charge in [-0.1, -0.05) is 6.08 Å². The number of nitrogens with zero attached hydrogens (tertiary/aromatic N) is 2. The number of imidazole rings is 1. The highest BCUT2D eigenvalue weighted by Crippen LogP contribution is 2.19. The van der Waals surface area contributed by atoms with E-state index >= 15 is 0 Å². The molecule has 1 aromatic heterocycles.